The fourth-order valence-electron chi connectivity index (χ4n) is 0.461. The van der Waals surface area contributed by atoms with Crippen molar-refractivity contribution in [1.29, 1.82) is 0 Å². The molecule has 0 aliphatic rings. The molecule has 1 aromatic rings. The van der Waals surface area contributed by atoms with Crippen LogP contribution in [0.4, 0.5) is 13.2 Å². The number of aromatic nitrogens is 2. The van der Waals surface area contributed by atoms with Crippen LogP contribution in [0.1, 0.15) is 5.89 Å². The molecule has 0 saturated carbocycles. The Labute approximate surface area is 69.3 Å². The third kappa shape index (κ3) is 2.70. The molecule has 4 nitrogen and oxygen atoms in total. The number of rotatable bonds is 2. The molecule has 2 N–H and O–H groups in total. The second-order valence-electron chi connectivity index (χ2n) is 1.71. The van der Waals surface area contributed by atoms with E-state index in [1.165, 1.54) is 0 Å². The zero-order chi connectivity index (χ0) is 9.19. The summed E-state index contributed by atoms with van der Waals surface area (Å²) in [7, 11) is 0. The maximum absolute atomic E-state index is 11.7. The van der Waals surface area contributed by atoms with Gasteiger partial charge in [0.25, 0.3) is 5.22 Å². The average molecular weight is 199 g/mol. The Morgan fingerprint density at radius 1 is 1.42 bits per heavy atom. The molecule has 0 aromatic carbocycles. The third-order valence-electron chi connectivity index (χ3n) is 0.826. The zero-order valence-corrected chi connectivity index (χ0v) is 6.45. The molecule has 0 spiro atoms. The third-order valence-corrected chi connectivity index (χ3v) is 1.40. The summed E-state index contributed by atoms with van der Waals surface area (Å²) in [5.41, 5.74) is 0.636. The molecule has 1 aromatic heterocycles. The van der Waals surface area contributed by atoms with Crippen LogP contribution in [-0.2, 0) is 6.54 Å². The van der Waals surface area contributed by atoms with Crippen LogP contribution >= 0.6 is 11.8 Å². The summed E-state index contributed by atoms with van der Waals surface area (Å²) in [6.45, 7) is -0.0641. The summed E-state index contributed by atoms with van der Waals surface area (Å²) in [5.74, 6) is -0.0123. The Balaban J connectivity index is 2.64. The number of hydrogen-bond acceptors (Lipinski definition) is 5. The van der Waals surface area contributed by atoms with Gasteiger partial charge in [0.1, 0.15) is 0 Å². The molecule has 0 saturated heterocycles. The first kappa shape index (κ1) is 9.33. The number of alkyl halides is 3. The summed E-state index contributed by atoms with van der Waals surface area (Å²) < 4.78 is 39.5. The molecule has 1 heterocycles. The summed E-state index contributed by atoms with van der Waals surface area (Å²) in [6, 6.07) is 0. The lowest BCUT2D eigenvalue weighted by Crippen LogP contribution is -1.98. The van der Waals surface area contributed by atoms with Gasteiger partial charge in [-0.3, -0.25) is 0 Å². The van der Waals surface area contributed by atoms with E-state index >= 15 is 0 Å². The lowest BCUT2D eigenvalue weighted by atomic mass is 10.7. The molecule has 0 unspecified atom stereocenters. The first-order valence-electron chi connectivity index (χ1n) is 2.79. The number of nitrogens with two attached hydrogens (primary N) is 1. The van der Waals surface area contributed by atoms with Gasteiger partial charge in [0, 0.05) is 11.8 Å². The van der Waals surface area contributed by atoms with E-state index in [4.69, 9.17) is 5.73 Å². The predicted octanol–water partition coefficient (Wildman–Crippen LogP) is 1.14. The van der Waals surface area contributed by atoms with E-state index in [0.29, 0.717) is 0 Å². The monoisotopic (exact) mass is 199 g/mol. The van der Waals surface area contributed by atoms with Crippen LogP contribution in [0.2, 0.25) is 0 Å². The Morgan fingerprint density at radius 3 is 2.50 bits per heavy atom. The van der Waals surface area contributed by atoms with Gasteiger partial charge in [0.05, 0.1) is 6.54 Å². The van der Waals surface area contributed by atoms with E-state index in [1.54, 1.807) is 0 Å². The maximum Gasteiger partial charge on any atom is 0.450 e. The summed E-state index contributed by atoms with van der Waals surface area (Å²) in [6.07, 6.45) is 0. The van der Waals surface area contributed by atoms with Crippen molar-refractivity contribution in [2.75, 3.05) is 0 Å². The number of nitrogens with zero attached hydrogens (tertiary/aromatic N) is 2. The minimum atomic E-state index is -4.40. The van der Waals surface area contributed by atoms with E-state index in [9.17, 15) is 13.2 Å². The molecule has 0 bridgehead atoms. The quantitative estimate of drug-likeness (QED) is 0.723. The Kier molecular flexibility index (Phi) is 2.58. The molecule has 0 atom stereocenters. The van der Waals surface area contributed by atoms with Crippen molar-refractivity contribution in [3.63, 3.8) is 0 Å². The normalized spacial score (nSPS) is 12.0. The van der Waals surface area contributed by atoms with Crippen molar-refractivity contribution in [1.82, 2.24) is 10.2 Å². The van der Waals surface area contributed by atoms with Crippen LogP contribution in [0, 0.1) is 0 Å². The van der Waals surface area contributed by atoms with E-state index < -0.39 is 22.5 Å². The maximum atomic E-state index is 11.7. The highest BCUT2D eigenvalue weighted by molar-refractivity contribution is 7.99. The first-order valence-corrected chi connectivity index (χ1v) is 3.61. The van der Waals surface area contributed by atoms with Gasteiger partial charge in [-0.1, -0.05) is 0 Å². The summed E-state index contributed by atoms with van der Waals surface area (Å²) in [4.78, 5) is 0. The van der Waals surface area contributed by atoms with Gasteiger partial charge in [0.2, 0.25) is 5.89 Å². The van der Waals surface area contributed by atoms with Gasteiger partial charge in [0.15, 0.2) is 0 Å². The number of hydrogen-bond donors (Lipinski definition) is 1. The number of halogens is 3. The Morgan fingerprint density at radius 2 is 2.08 bits per heavy atom. The van der Waals surface area contributed by atoms with E-state index in [2.05, 4.69) is 14.6 Å². The molecule has 0 radical (unpaired) electrons. The molecule has 12 heavy (non-hydrogen) atoms. The van der Waals surface area contributed by atoms with Crippen molar-refractivity contribution in [3.05, 3.63) is 5.89 Å². The Bertz CT molecular complexity index is 260. The van der Waals surface area contributed by atoms with Gasteiger partial charge in [-0.05, 0) is 0 Å². The number of thioether (sulfide) groups is 1. The van der Waals surface area contributed by atoms with Gasteiger partial charge < -0.3 is 10.2 Å². The van der Waals surface area contributed by atoms with Crippen LogP contribution in [-0.4, -0.2) is 15.7 Å². The molecule has 0 aliphatic carbocycles. The topological polar surface area (TPSA) is 64.9 Å². The van der Waals surface area contributed by atoms with Gasteiger partial charge in [-0.2, -0.15) is 13.2 Å². The van der Waals surface area contributed by atoms with Crippen molar-refractivity contribution < 1.29 is 17.6 Å². The minimum Gasteiger partial charge on any atom is -0.414 e. The fraction of sp³-hybridized carbons (Fsp3) is 0.500. The summed E-state index contributed by atoms with van der Waals surface area (Å²) in [5, 5.41) is 5.84. The lowest BCUT2D eigenvalue weighted by molar-refractivity contribution is -0.0337. The minimum absolute atomic E-state index is 0.0123. The molecule has 68 valence electrons. The lowest BCUT2D eigenvalue weighted by Gasteiger charge is -1.98. The average Bonchev–Trinajstić information content (AvgIpc) is 2.32. The molecule has 8 heteroatoms. The van der Waals surface area contributed by atoms with Crippen molar-refractivity contribution in [2.24, 2.45) is 5.73 Å². The van der Waals surface area contributed by atoms with Gasteiger partial charge in [-0.15, -0.1) is 10.2 Å². The van der Waals surface area contributed by atoms with E-state index in [1.807, 2.05) is 0 Å². The fourth-order valence-corrected chi connectivity index (χ4v) is 0.878. The second kappa shape index (κ2) is 3.31. The zero-order valence-electron chi connectivity index (χ0n) is 5.63. The highest BCUT2D eigenvalue weighted by Crippen LogP contribution is 2.35. The van der Waals surface area contributed by atoms with Crippen LogP contribution in [0.3, 0.4) is 0 Å². The second-order valence-corrected chi connectivity index (χ2v) is 2.73. The Hall–Kier alpha value is -0.760. The van der Waals surface area contributed by atoms with Crippen molar-refractivity contribution in [2.45, 2.75) is 17.3 Å². The van der Waals surface area contributed by atoms with E-state index in [-0.39, 0.29) is 12.4 Å². The molecule has 0 aliphatic heterocycles. The van der Waals surface area contributed by atoms with Crippen LogP contribution in [0.5, 0.6) is 0 Å². The SMILES string of the molecule is NCc1nnc(SC(F)(F)F)o1. The standard InChI is InChI=1S/C4H4F3N3OS/c5-4(6,7)12-3-10-9-2(1-8)11-3/h1,8H2. The molecule has 1 rings (SSSR count). The van der Waals surface area contributed by atoms with Crippen LogP contribution in [0.15, 0.2) is 9.64 Å². The smallest absolute Gasteiger partial charge is 0.414 e. The first-order chi connectivity index (χ1) is 5.51. The molecule has 0 amide bonds. The predicted molar refractivity (Wildman–Crippen MR) is 34.1 cm³/mol. The van der Waals surface area contributed by atoms with Crippen LogP contribution < -0.4 is 5.73 Å². The van der Waals surface area contributed by atoms with Crippen molar-refractivity contribution >= 4 is 11.8 Å². The van der Waals surface area contributed by atoms with E-state index in [0.717, 1.165) is 0 Å². The van der Waals surface area contributed by atoms with Gasteiger partial charge in [-0.25, -0.2) is 0 Å². The van der Waals surface area contributed by atoms with Crippen molar-refractivity contribution in [3.8, 4) is 0 Å². The van der Waals surface area contributed by atoms with Crippen LogP contribution in [0.25, 0.3) is 0 Å². The molecule has 0 fully saturated rings. The highest BCUT2D eigenvalue weighted by atomic mass is 32.2. The molecular weight excluding hydrogens is 195 g/mol. The summed E-state index contributed by atoms with van der Waals surface area (Å²) >= 11 is -0.459. The van der Waals surface area contributed by atoms with Gasteiger partial charge >= 0.3 is 5.51 Å². The molecular formula is C4H4F3N3OS. The largest absolute Gasteiger partial charge is 0.450 e. The highest BCUT2D eigenvalue weighted by Gasteiger charge is 2.32.